The molecule has 0 radical (unpaired) electrons. The number of amides is 1. The van der Waals surface area contributed by atoms with Gasteiger partial charge in [-0.25, -0.2) is 4.98 Å². The molecule has 2 aromatic heterocycles. The standard InChI is InChI=1S/C14H15FN2OS/c1-2-5-10(12-7-4-9-19-12)17-14(18)11-6-3-8-13(15)16-11/h3-4,6-10H,2,5H2,1H3,(H,17,18). The van der Waals surface area contributed by atoms with Crippen molar-refractivity contribution in [2.45, 2.75) is 25.8 Å². The van der Waals surface area contributed by atoms with E-state index in [9.17, 15) is 9.18 Å². The van der Waals surface area contributed by atoms with Crippen LogP contribution in [0.5, 0.6) is 0 Å². The summed E-state index contributed by atoms with van der Waals surface area (Å²) < 4.78 is 13.0. The molecule has 0 saturated heterocycles. The zero-order valence-electron chi connectivity index (χ0n) is 10.6. The van der Waals surface area contributed by atoms with E-state index in [2.05, 4.69) is 17.2 Å². The summed E-state index contributed by atoms with van der Waals surface area (Å²) in [6, 6.07) is 8.12. The minimum absolute atomic E-state index is 0.0393. The van der Waals surface area contributed by atoms with Gasteiger partial charge in [-0.15, -0.1) is 11.3 Å². The lowest BCUT2D eigenvalue weighted by molar-refractivity contribution is 0.0929. The number of aromatic nitrogens is 1. The minimum Gasteiger partial charge on any atom is -0.343 e. The van der Waals surface area contributed by atoms with Crippen LogP contribution in [0.2, 0.25) is 0 Å². The fourth-order valence-corrected chi connectivity index (χ4v) is 2.64. The van der Waals surface area contributed by atoms with Gasteiger partial charge in [0.25, 0.3) is 5.91 Å². The first-order chi connectivity index (χ1) is 9.20. The number of rotatable bonds is 5. The van der Waals surface area contributed by atoms with Crippen molar-refractivity contribution in [2.75, 3.05) is 0 Å². The number of carbonyl (C=O) groups is 1. The number of pyridine rings is 1. The van der Waals surface area contributed by atoms with Crippen LogP contribution in [0.1, 0.15) is 41.2 Å². The van der Waals surface area contributed by atoms with Crippen LogP contribution in [-0.2, 0) is 0 Å². The second-order valence-electron chi connectivity index (χ2n) is 4.18. The Morgan fingerprint density at radius 3 is 2.89 bits per heavy atom. The summed E-state index contributed by atoms with van der Waals surface area (Å²) >= 11 is 1.60. The Morgan fingerprint density at radius 1 is 1.42 bits per heavy atom. The Balaban J connectivity index is 2.11. The molecule has 0 aromatic carbocycles. The molecule has 1 atom stereocenters. The van der Waals surface area contributed by atoms with Gasteiger partial charge in [0.05, 0.1) is 6.04 Å². The third-order valence-corrected chi connectivity index (χ3v) is 3.70. The van der Waals surface area contributed by atoms with Crippen LogP contribution in [0.15, 0.2) is 35.7 Å². The Labute approximate surface area is 115 Å². The number of hydrogen-bond donors (Lipinski definition) is 1. The molecule has 0 fully saturated rings. The van der Waals surface area contributed by atoms with Crippen molar-refractivity contribution < 1.29 is 9.18 Å². The molecule has 100 valence electrons. The van der Waals surface area contributed by atoms with Crippen molar-refractivity contribution in [3.63, 3.8) is 0 Å². The van der Waals surface area contributed by atoms with E-state index in [1.54, 1.807) is 11.3 Å². The molecule has 19 heavy (non-hydrogen) atoms. The predicted molar refractivity (Wildman–Crippen MR) is 73.6 cm³/mol. The van der Waals surface area contributed by atoms with E-state index in [0.717, 1.165) is 17.7 Å². The number of nitrogens with one attached hydrogen (secondary N) is 1. The van der Waals surface area contributed by atoms with E-state index in [0.29, 0.717) is 0 Å². The van der Waals surface area contributed by atoms with Crippen molar-refractivity contribution in [1.82, 2.24) is 10.3 Å². The first-order valence-corrected chi connectivity index (χ1v) is 7.05. The lowest BCUT2D eigenvalue weighted by Crippen LogP contribution is -2.28. The molecular weight excluding hydrogens is 263 g/mol. The second kappa shape index (κ2) is 6.43. The molecule has 0 aliphatic rings. The lowest BCUT2D eigenvalue weighted by atomic mass is 10.1. The van der Waals surface area contributed by atoms with Gasteiger partial charge in [-0.1, -0.05) is 25.5 Å². The summed E-state index contributed by atoms with van der Waals surface area (Å²) in [4.78, 5) is 16.7. The summed E-state index contributed by atoms with van der Waals surface area (Å²) in [7, 11) is 0. The number of hydrogen-bond acceptors (Lipinski definition) is 3. The number of nitrogens with zero attached hydrogens (tertiary/aromatic N) is 1. The largest absolute Gasteiger partial charge is 0.343 e. The normalized spacial score (nSPS) is 12.1. The van der Waals surface area contributed by atoms with Gasteiger partial charge in [0.2, 0.25) is 5.95 Å². The van der Waals surface area contributed by atoms with E-state index < -0.39 is 5.95 Å². The van der Waals surface area contributed by atoms with E-state index in [1.165, 1.54) is 18.2 Å². The monoisotopic (exact) mass is 278 g/mol. The molecule has 0 aliphatic carbocycles. The third kappa shape index (κ3) is 3.61. The Hall–Kier alpha value is -1.75. The van der Waals surface area contributed by atoms with E-state index in [4.69, 9.17) is 0 Å². The van der Waals surface area contributed by atoms with Gasteiger partial charge in [0.1, 0.15) is 5.69 Å². The van der Waals surface area contributed by atoms with Crippen LogP contribution in [-0.4, -0.2) is 10.9 Å². The van der Waals surface area contributed by atoms with Gasteiger partial charge in [-0.2, -0.15) is 4.39 Å². The molecule has 1 amide bonds. The van der Waals surface area contributed by atoms with Crippen LogP contribution in [0.3, 0.4) is 0 Å². The molecule has 2 aromatic rings. The van der Waals surface area contributed by atoms with Gasteiger partial charge < -0.3 is 5.32 Å². The van der Waals surface area contributed by atoms with Gasteiger partial charge >= 0.3 is 0 Å². The van der Waals surface area contributed by atoms with Crippen molar-refractivity contribution in [2.24, 2.45) is 0 Å². The summed E-state index contributed by atoms with van der Waals surface area (Å²) in [5.74, 6) is -0.984. The molecule has 1 unspecified atom stereocenters. The highest BCUT2D eigenvalue weighted by molar-refractivity contribution is 7.10. The smallest absolute Gasteiger partial charge is 0.270 e. The second-order valence-corrected chi connectivity index (χ2v) is 5.15. The summed E-state index contributed by atoms with van der Waals surface area (Å²) in [5.41, 5.74) is 0.109. The number of halogens is 1. The highest BCUT2D eigenvalue weighted by Gasteiger charge is 2.16. The summed E-state index contributed by atoms with van der Waals surface area (Å²) in [6.07, 6.45) is 1.81. The average molecular weight is 278 g/mol. The van der Waals surface area contributed by atoms with Crippen LogP contribution >= 0.6 is 11.3 Å². The maximum atomic E-state index is 13.0. The minimum atomic E-state index is -0.643. The Bertz CT molecular complexity index is 542. The number of thiophene rings is 1. The van der Waals surface area contributed by atoms with Crippen LogP contribution in [0, 0.1) is 5.95 Å². The zero-order chi connectivity index (χ0) is 13.7. The molecule has 2 rings (SSSR count). The first-order valence-electron chi connectivity index (χ1n) is 6.17. The topological polar surface area (TPSA) is 42.0 Å². The molecule has 0 spiro atoms. The Morgan fingerprint density at radius 2 is 2.26 bits per heavy atom. The van der Waals surface area contributed by atoms with E-state index >= 15 is 0 Å². The van der Waals surface area contributed by atoms with E-state index in [-0.39, 0.29) is 17.6 Å². The molecule has 1 N–H and O–H groups in total. The van der Waals surface area contributed by atoms with Gasteiger partial charge in [-0.05, 0) is 30.0 Å². The number of carbonyl (C=O) groups excluding carboxylic acids is 1. The van der Waals surface area contributed by atoms with Gasteiger partial charge in [0.15, 0.2) is 0 Å². The van der Waals surface area contributed by atoms with Crippen molar-refractivity contribution in [3.05, 3.63) is 52.2 Å². The van der Waals surface area contributed by atoms with Crippen LogP contribution in [0.25, 0.3) is 0 Å². The molecule has 0 aliphatic heterocycles. The average Bonchev–Trinajstić information content (AvgIpc) is 2.92. The van der Waals surface area contributed by atoms with Crippen molar-refractivity contribution in [1.29, 1.82) is 0 Å². The van der Waals surface area contributed by atoms with Crippen LogP contribution < -0.4 is 5.32 Å². The maximum absolute atomic E-state index is 13.0. The van der Waals surface area contributed by atoms with Gasteiger partial charge in [0, 0.05) is 4.88 Å². The Kier molecular flexibility index (Phi) is 4.63. The molecule has 0 bridgehead atoms. The fourth-order valence-electron chi connectivity index (χ4n) is 1.83. The van der Waals surface area contributed by atoms with E-state index in [1.807, 2.05) is 17.5 Å². The highest BCUT2D eigenvalue weighted by atomic mass is 32.1. The zero-order valence-corrected chi connectivity index (χ0v) is 11.4. The molecule has 3 nitrogen and oxygen atoms in total. The van der Waals surface area contributed by atoms with Gasteiger partial charge in [-0.3, -0.25) is 4.79 Å². The fraction of sp³-hybridized carbons (Fsp3) is 0.286. The molecule has 5 heteroatoms. The lowest BCUT2D eigenvalue weighted by Gasteiger charge is -2.16. The summed E-state index contributed by atoms with van der Waals surface area (Å²) in [6.45, 7) is 2.06. The van der Waals surface area contributed by atoms with Crippen LogP contribution in [0.4, 0.5) is 4.39 Å². The third-order valence-electron chi connectivity index (χ3n) is 2.72. The quantitative estimate of drug-likeness (QED) is 0.850. The molecule has 0 saturated carbocycles. The first kappa shape index (κ1) is 13.7. The highest BCUT2D eigenvalue weighted by Crippen LogP contribution is 2.23. The van der Waals surface area contributed by atoms with Crippen molar-refractivity contribution >= 4 is 17.2 Å². The maximum Gasteiger partial charge on any atom is 0.270 e. The predicted octanol–water partition coefficient (Wildman–Crippen LogP) is 3.55. The SMILES string of the molecule is CCCC(NC(=O)c1cccc(F)n1)c1cccs1. The van der Waals surface area contributed by atoms with Crippen molar-refractivity contribution in [3.8, 4) is 0 Å². The molecule has 2 heterocycles. The summed E-state index contributed by atoms with van der Waals surface area (Å²) in [5, 5.41) is 4.88. The molecular formula is C14H15FN2OS.